The van der Waals surface area contributed by atoms with Crippen LogP contribution in [-0.4, -0.2) is 31.6 Å². The van der Waals surface area contributed by atoms with Gasteiger partial charge in [-0.25, -0.2) is 4.79 Å². The van der Waals surface area contributed by atoms with Gasteiger partial charge in [0, 0.05) is 24.1 Å². The zero-order valence-corrected chi connectivity index (χ0v) is 11.8. The Kier molecular flexibility index (Phi) is 4.84. The molecule has 2 rings (SSSR count). The van der Waals surface area contributed by atoms with Crippen molar-refractivity contribution >= 4 is 23.0 Å². The van der Waals surface area contributed by atoms with Crippen LogP contribution < -0.4 is 4.74 Å². The lowest BCUT2D eigenvalue weighted by Gasteiger charge is -2.09. The standard InChI is InChI=1S/C15H16O6/c1-3-19-12(16)5-4-10-8-11-6-7-20-14(11)15(13(10)17)21-9-18-2/h4-8,17H,3,9H2,1-2H3/b5-4+. The van der Waals surface area contributed by atoms with Gasteiger partial charge in [-0.2, -0.15) is 0 Å². The Labute approximate surface area is 121 Å². The molecule has 0 saturated heterocycles. The Morgan fingerprint density at radius 1 is 1.48 bits per heavy atom. The fraction of sp³-hybridized carbons (Fsp3) is 0.267. The van der Waals surface area contributed by atoms with Gasteiger partial charge in [-0.3, -0.25) is 0 Å². The van der Waals surface area contributed by atoms with Gasteiger partial charge in [-0.05, 0) is 25.1 Å². The quantitative estimate of drug-likeness (QED) is 0.501. The third-order valence-electron chi connectivity index (χ3n) is 2.71. The number of carbonyl (C=O) groups excluding carboxylic acids is 1. The van der Waals surface area contributed by atoms with E-state index in [2.05, 4.69) is 0 Å². The number of aromatic hydroxyl groups is 1. The minimum absolute atomic E-state index is 0.0333. The molecular weight excluding hydrogens is 276 g/mol. The number of benzene rings is 1. The van der Waals surface area contributed by atoms with Crippen molar-refractivity contribution in [3.8, 4) is 11.5 Å². The second-order valence-corrected chi connectivity index (χ2v) is 4.12. The molecule has 0 amide bonds. The summed E-state index contributed by atoms with van der Waals surface area (Å²) in [6.45, 7) is 1.98. The number of phenolic OH excluding ortho intramolecular Hbond substituents is 1. The fourth-order valence-electron chi connectivity index (χ4n) is 1.82. The third kappa shape index (κ3) is 3.35. The topological polar surface area (TPSA) is 78.1 Å². The van der Waals surface area contributed by atoms with Gasteiger partial charge in [-0.15, -0.1) is 0 Å². The van der Waals surface area contributed by atoms with Crippen LogP contribution in [0.25, 0.3) is 17.0 Å². The number of phenols is 1. The Hall–Kier alpha value is -2.47. The summed E-state index contributed by atoms with van der Waals surface area (Å²) in [5.41, 5.74) is 0.834. The molecule has 0 aliphatic rings. The second kappa shape index (κ2) is 6.81. The Morgan fingerprint density at radius 3 is 3.00 bits per heavy atom. The van der Waals surface area contributed by atoms with Crippen LogP contribution in [0.4, 0.5) is 0 Å². The van der Waals surface area contributed by atoms with Crippen molar-refractivity contribution in [3.05, 3.63) is 30.0 Å². The summed E-state index contributed by atoms with van der Waals surface area (Å²) in [5, 5.41) is 11.0. The predicted molar refractivity (Wildman–Crippen MR) is 76.0 cm³/mol. The minimum atomic E-state index is -0.483. The highest BCUT2D eigenvalue weighted by molar-refractivity contribution is 5.93. The first-order chi connectivity index (χ1) is 10.2. The van der Waals surface area contributed by atoms with Gasteiger partial charge in [0.25, 0.3) is 0 Å². The van der Waals surface area contributed by atoms with Gasteiger partial charge in [-0.1, -0.05) is 0 Å². The molecule has 2 aromatic rings. The SMILES string of the molecule is CCOC(=O)/C=C/c1cc2ccoc2c(OCOC)c1O. The maximum absolute atomic E-state index is 11.3. The number of hydrogen-bond acceptors (Lipinski definition) is 6. The summed E-state index contributed by atoms with van der Waals surface area (Å²) in [6.07, 6.45) is 4.19. The molecule has 1 N–H and O–H groups in total. The average Bonchev–Trinajstić information content (AvgIpc) is 2.92. The van der Waals surface area contributed by atoms with E-state index in [0.717, 1.165) is 5.39 Å². The van der Waals surface area contributed by atoms with Gasteiger partial charge in [0.2, 0.25) is 5.75 Å². The lowest BCUT2D eigenvalue weighted by Crippen LogP contribution is -2.00. The van der Waals surface area contributed by atoms with Gasteiger partial charge < -0.3 is 23.7 Å². The van der Waals surface area contributed by atoms with Crippen LogP contribution in [0.5, 0.6) is 11.5 Å². The first kappa shape index (κ1) is 14.9. The van der Waals surface area contributed by atoms with Crippen LogP contribution in [0.2, 0.25) is 0 Å². The van der Waals surface area contributed by atoms with Crippen molar-refractivity contribution in [1.82, 2.24) is 0 Å². The van der Waals surface area contributed by atoms with Crippen molar-refractivity contribution in [1.29, 1.82) is 0 Å². The van der Waals surface area contributed by atoms with Crippen LogP contribution in [0.15, 0.2) is 28.9 Å². The molecule has 0 fully saturated rings. The molecule has 1 aromatic carbocycles. The normalized spacial score (nSPS) is 11.1. The van der Waals surface area contributed by atoms with E-state index in [1.165, 1.54) is 25.5 Å². The summed E-state index contributed by atoms with van der Waals surface area (Å²) >= 11 is 0. The number of esters is 1. The molecular formula is C15H16O6. The van der Waals surface area contributed by atoms with E-state index in [4.69, 9.17) is 18.6 Å². The molecule has 6 nitrogen and oxygen atoms in total. The molecule has 0 saturated carbocycles. The molecule has 0 bridgehead atoms. The van der Waals surface area contributed by atoms with Gasteiger partial charge in [0.05, 0.1) is 12.9 Å². The molecule has 0 unspecified atom stereocenters. The first-order valence-electron chi connectivity index (χ1n) is 6.37. The molecule has 0 spiro atoms. The summed E-state index contributed by atoms with van der Waals surface area (Å²) in [7, 11) is 1.47. The smallest absolute Gasteiger partial charge is 0.330 e. The average molecular weight is 292 g/mol. The molecule has 0 aliphatic heterocycles. The van der Waals surface area contributed by atoms with Crippen LogP contribution in [0.1, 0.15) is 12.5 Å². The van der Waals surface area contributed by atoms with Crippen molar-refractivity contribution in [2.24, 2.45) is 0 Å². The fourth-order valence-corrected chi connectivity index (χ4v) is 1.82. The zero-order valence-electron chi connectivity index (χ0n) is 11.8. The largest absolute Gasteiger partial charge is 0.504 e. The molecule has 1 aromatic heterocycles. The Bertz CT molecular complexity index is 655. The first-order valence-corrected chi connectivity index (χ1v) is 6.37. The number of carbonyl (C=O) groups is 1. The van der Waals surface area contributed by atoms with Crippen LogP contribution in [0.3, 0.4) is 0 Å². The van der Waals surface area contributed by atoms with Crippen LogP contribution >= 0.6 is 0 Å². The van der Waals surface area contributed by atoms with Crippen LogP contribution in [-0.2, 0) is 14.3 Å². The highest BCUT2D eigenvalue weighted by Crippen LogP contribution is 2.39. The lowest BCUT2D eigenvalue weighted by molar-refractivity contribution is -0.137. The predicted octanol–water partition coefficient (Wildman–Crippen LogP) is 2.70. The van der Waals surface area contributed by atoms with Crippen molar-refractivity contribution in [3.63, 3.8) is 0 Å². The highest BCUT2D eigenvalue weighted by atomic mass is 16.7. The van der Waals surface area contributed by atoms with E-state index in [0.29, 0.717) is 11.1 Å². The molecule has 112 valence electrons. The number of fused-ring (bicyclic) bond motifs is 1. The molecule has 0 atom stereocenters. The maximum Gasteiger partial charge on any atom is 0.330 e. The zero-order chi connectivity index (χ0) is 15.2. The maximum atomic E-state index is 11.3. The highest BCUT2D eigenvalue weighted by Gasteiger charge is 2.15. The summed E-state index contributed by atoms with van der Waals surface area (Å²) in [4.78, 5) is 11.3. The van der Waals surface area contributed by atoms with Crippen molar-refractivity contribution < 1.29 is 28.5 Å². The van der Waals surface area contributed by atoms with Crippen molar-refractivity contribution in [2.75, 3.05) is 20.5 Å². The second-order valence-electron chi connectivity index (χ2n) is 4.12. The molecule has 21 heavy (non-hydrogen) atoms. The van der Waals surface area contributed by atoms with E-state index in [-0.39, 0.29) is 24.9 Å². The van der Waals surface area contributed by atoms with E-state index in [9.17, 15) is 9.90 Å². The van der Waals surface area contributed by atoms with Gasteiger partial charge >= 0.3 is 5.97 Å². The van der Waals surface area contributed by atoms with E-state index < -0.39 is 5.97 Å². The van der Waals surface area contributed by atoms with Gasteiger partial charge in [0.15, 0.2) is 18.1 Å². The number of ether oxygens (including phenoxy) is 3. The van der Waals surface area contributed by atoms with E-state index in [1.807, 2.05) is 0 Å². The molecule has 1 heterocycles. The molecule has 6 heteroatoms. The van der Waals surface area contributed by atoms with E-state index in [1.54, 1.807) is 19.1 Å². The van der Waals surface area contributed by atoms with Gasteiger partial charge in [0.1, 0.15) is 0 Å². The number of furan rings is 1. The lowest BCUT2D eigenvalue weighted by atomic mass is 10.1. The Balaban J connectivity index is 2.39. The van der Waals surface area contributed by atoms with Crippen LogP contribution in [0, 0.1) is 0 Å². The number of rotatable bonds is 6. The molecule has 0 radical (unpaired) electrons. The number of hydrogen-bond donors (Lipinski definition) is 1. The third-order valence-corrected chi connectivity index (χ3v) is 2.71. The van der Waals surface area contributed by atoms with E-state index >= 15 is 0 Å². The minimum Gasteiger partial charge on any atom is -0.504 e. The summed E-state index contributed by atoms with van der Waals surface area (Å²) in [5.74, 6) is -0.443. The Morgan fingerprint density at radius 2 is 2.29 bits per heavy atom. The summed E-state index contributed by atoms with van der Waals surface area (Å²) < 4.78 is 20.2. The monoisotopic (exact) mass is 292 g/mol. The molecule has 0 aliphatic carbocycles. The van der Waals surface area contributed by atoms with Crippen molar-refractivity contribution in [2.45, 2.75) is 6.92 Å². The summed E-state index contributed by atoms with van der Waals surface area (Å²) in [6, 6.07) is 3.42. The number of methoxy groups -OCH3 is 1.